The number of alkyl halides is 3. The number of aromatic nitrogens is 2. The van der Waals surface area contributed by atoms with Crippen LogP contribution in [0.3, 0.4) is 0 Å². The maximum absolute atomic E-state index is 13.3. The van der Waals surface area contributed by atoms with Crippen molar-refractivity contribution in [2.45, 2.75) is 45.1 Å². The van der Waals surface area contributed by atoms with Crippen molar-refractivity contribution < 1.29 is 22.8 Å². The number of hydrogen-bond donors (Lipinski definition) is 2. The van der Waals surface area contributed by atoms with Crippen molar-refractivity contribution in [1.29, 1.82) is 0 Å². The zero-order valence-electron chi connectivity index (χ0n) is 17.3. The summed E-state index contributed by atoms with van der Waals surface area (Å²) in [5.74, 6) is 0.235. The summed E-state index contributed by atoms with van der Waals surface area (Å²) in [4.78, 5) is 30.5. The van der Waals surface area contributed by atoms with Gasteiger partial charge in [-0.2, -0.15) is 13.2 Å². The number of hydrogen-bond acceptors (Lipinski definition) is 4. The average molecular weight is 437 g/mol. The average Bonchev–Trinajstić information content (AvgIpc) is 3.12. The van der Waals surface area contributed by atoms with Gasteiger partial charge in [0.25, 0.3) is 0 Å². The maximum atomic E-state index is 13.3. The van der Waals surface area contributed by atoms with E-state index in [-0.39, 0.29) is 30.3 Å². The van der Waals surface area contributed by atoms with Crippen molar-refractivity contribution in [2.24, 2.45) is 0 Å². The number of nitrogens with one attached hydrogen (secondary N) is 2. The molecule has 2 amide bonds. The van der Waals surface area contributed by atoms with Crippen LogP contribution in [0.4, 0.5) is 13.2 Å². The summed E-state index contributed by atoms with van der Waals surface area (Å²) in [6.45, 7) is 3.68. The number of carbonyl (C=O) groups excluding carboxylic acids is 2. The van der Waals surface area contributed by atoms with Crippen molar-refractivity contribution in [1.82, 2.24) is 25.1 Å². The lowest BCUT2D eigenvalue weighted by Gasteiger charge is -2.35. The zero-order valence-corrected chi connectivity index (χ0v) is 17.3. The number of halogens is 3. The molecule has 1 aliphatic rings. The first kappa shape index (κ1) is 22.8. The molecule has 1 aromatic carbocycles. The maximum Gasteiger partial charge on any atom is 0.416 e. The van der Waals surface area contributed by atoms with Crippen LogP contribution < -0.4 is 10.6 Å². The van der Waals surface area contributed by atoms with Crippen LogP contribution in [0.2, 0.25) is 0 Å². The second-order valence-corrected chi connectivity index (χ2v) is 7.51. The van der Waals surface area contributed by atoms with E-state index in [0.717, 1.165) is 11.9 Å². The van der Waals surface area contributed by atoms with Gasteiger partial charge >= 0.3 is 6.18 Å². The normalized spacial score (nSPS) is 17.4. The van der Waals surface area contributed by atoms with E-state index < -0.39 is 17.8 Å². The predicted molar refractivity (Wildman–Crippen MR) is 108 cm³/mol. The minimum absolute atomic E-state index is 0.0546. The summed E-state index contributed by atoms with van der Waals surface area (Å²) in [7, 11) is 0. The fourth-order valence-corrected chi connectivity index (χ4v) is 3.69. The third-order valence-corrected chi connectivity index (χ3v) is 5.34. The first-order valence-electron chi connectivity index (χ1n) is 10.2. The van der Waals surface area contributed by atoms with Crippen LogP contribution in [0.15, 0.2) is 36.7 Å². The Morgan fingerprint density at radius 1 is 1.32 bits per heavy atom. The number of carbonyl (C=O) groups is 2. The fraction of sp³-hybridized carbons (Fsp3) is 0.476. The van der Waals surface area contributed by atoms with Gasteiger partial charge in [0.1, 0.15) is 5.82 Å². The molecule has 0 bridgehead atoms. The van der Waals surface area contributed by atoms with E-state index in [9.17, 15) is 22.8 Å². The molecule has 1 fully saturated rings. The van der Waals surface area contributed by atoms with Gasteiger partial charge in [-0.1, -0.05) is 18.2 Å². The molecule has 0 radical (unpaired) electrons. The Morgan fingerprint density at radius 3 is 2.81 bits per heavy atom. The standard InChI is InChI=1S/C21H26F3N5O2/c1-15-25-8-11-28(15)10-4-7-26-19(30)13-18-20(31)27-9-12-29(18)14-16-5-2-3-6-17(16)21(22,23)24/h2-3,5-6,8,11,18H,4,7,9-10,12-14H2,1H3,(H,26,30)(H,27,31)/t18-/m1/s1. The molecule has 10 heteroatoms. The largest absolute Gasteiger partial charge is 0.416 e. The number of amides is 2. The van der Waals surface area contributed by atoms with Crippen molar-refractivity contribution in [3.05, 3.63) is 53.6 Å². The van der Waals surface area contributed by atoms with Crippen LogP contribution >= 0.6 is 0 Å². The monoisotopic (exact) mass is 437 g/mol. The highest BCUT2D eigenvalue weighted by Crippen LogP contribution is 2.32. The Kier molecular flexibility index (Phi) is 7.32. The van der Waals surface area contributed by atoms with Gasteiger partial charge in [-0.05, 0) is 25.0 Å². The molecule has 1 aliphatic heterocycles. The molecule has 31 heavy (non-hydrogen) atoms. The number of benzene rings is 1. The molecule has 3 rings (SSSR count). The first-order chi connectivity index (χ1) is 14.8. The second kappa shape index (κ2) is 9.95. The number of piperazine rings is 1. The molecular formula is C21H26F3N5O2. The topological polar surface area (TPSA) is 79.3 Å². The molecule has 0 spiro atoms. The molecule has 1 atom stereocenters. The van der Waals surface area contributed by atoms with E-state index in [1.54, 1.807) is 11.1 Å². The predicted octanol–water partition coefficient (Wildman–Crippen LogP) is 2.11. The van der Waals surface area contributed by atoms with Gasteiger partial charge in [0, 0.05) is 45.1 Å². The minimum Gasteiger partial charge on any atom is -0.356 e. The Labute approximate surface area is 178 Å². The molecule has 0 unspecified atom stereocenters. The summed E-state index contributed by atoms with van der Waals surface area (Å²) in [5, 5.41) is 5.49. The van der Waals surface area contributed by atoms with E-state index in [1.807, 2.05) is 17.7 Å². The first-order valence-corrected chi connectivity index (χ1v) is 10.2. The molecule has 2 heterocycles. The molecule has 2 aromatic rings. The zero-order chi connectivity index (χ0) is 22.4. The highest BCUT2D eigenvalue weighted by atomic mass is 19.4. The van der Waals surface area contributed by atoms with Gasteiger partial charge in [0.2, 0.25) is 11.8 Å². The lowest BCUT2D eigenvalue weighted by Crippen LogP contribution is -2.56. The summed E-state index contributed by atoms with van der Waals surface area (Å²) < 4.78 is 41.9. The quantitative estimate of drug-likeness (QED) is 0.620. The smallest absolute Gasteiger partial charge is 0.356 e. The summed E-state index contributed by atoms with van der Waals surface area (Å²) in [6.07, 6.45) is -0.316. The van der Waals surface area contributed by atoms with Gasteiger partial charge in [0.15, 0.2) is 0 Å². The van der Waals surface area contributed by atoms with E-state index in [1.165, 1.54) is 18.2 Å². The van der Waals surface area contributed by atoms with E-state index >= 15 is 0 Å². The van der Waals surface area contributed by atoms with Gasteiger partial charge in [0.05, 0.1) is 18.0 Å². The molecule has 2 N–H and O–H groups in total. The van der Waals surface area contributed by atoms with Crippen LogP contribution in [-0.4, -0.2) is 51.9 Å². The van der Waals surface area contributed by atoms with Crippen molar-refractivity contribution in [2.75, 3.05) is 19.6 Å². The Hall–Kier alpha value is -2.88. The van der Waals surface area contributed by atoms with Crippen molar-refractivity contribution in [3.8, 4) is 0 Å². The van der Waals surface area contributed by atoms with Crippen molar-refractivity contribution in [3.63, 3.8) is 0 Å². The summed E-state index contributed by atoms with van der Waals surface area (Å²) >= 11 is 0. The SMILES string of the molecule is Cc1nccn1CCCNC(=O)C[C@@H]1C(=O)NCCN1Cc1ccccc1C(F)(F)F. The van der Waals surface area contributed by atoms with Gasteiger partial charge < -0.3 is 15.2 Å². The van der Waals surface area contributed by atoms with Gasteiger partial charge in [-0.25, -0.2) is 4.98 Å². The molecule has 0 aliphatic carbocycles. The number of rotatable bonds is 8. The molecule has 7 nitrogen and oxygen atoms in total. The Morgan fingerprint density at radius 2 is 2.10 bits per heavy atom. The van der Waals surface area contributed by atoms with Crippen LogP contribution in [0.1, 0.15) is 29.8 Å². The number of imidazole rings is 1. The molecule has 1 saturated heterocycles. The lowest BCUT2D eigenvalue weighted by atomic mass is 10.0. The van der Waals surface area contributed by atoms with Crippen LogP contribution in [0.5, 0.6) is 0 Å². The van der Waals surface area contributed by atoms with Gasteiger partial charge in [-0.15, -0.1) is 0 Å². The van der Waals surface area contributed by atoms with Crippen LogP contribution in [0, 0.1) is 6.92 Å². The lowest BCUT2D eigenvalue weighted by molar-refractivity contribution is -0.139. The van der Waals surface area contributed by atoms with Gasteiger partial charge in [-0.3, -0.25) is 14.5 Å². The molecular weight excluding hydrogens is 411 g/mol. The second-order valence-electron chi connectivity index (χ2n) is 7.51. The summed E-state index contributed by atoms with van der Waals surface area (Å²) in [5.41, 5.74) is -0.634. The Balaban J connectivity index is 1.57. The third kappa shape index (κ3) is 6.06. The third-order valence-electron chi connectivity index (χ3n) is 5.34. The number of aryl methyl sites for hydroxylation is 2. The van der Waals surface area contributed by atoms with Crippen LogP contribution in [0.25, 0.3) is 0 Å². The van der Waals surface area contributed by atoms with Crippen molar-refractivity contribution >= 4 is 11.8 Å². The Bertz CT molecular complexity index is 912. The molecule has 0 saturated carbocycles. The van der Waals surface area contributed by atoms with Crippen LogP contribution in [-0.2, 0) is 28.9 Å². The van der Waals surface area contributed by atoms with E-state index in [4.69, 9.17) is 0 Å². The highest BCUT2D eigenvalue weighted by molar-refractivity contribution is 5.88. The fourth-order valence-electron chi connectivity index (χ4n) is 3.69. The molecule has 1 aromatic heterocycles. The molecule has 168 valence electrons. The highest BCUT2D eigenvalue weighted by Gasteiger charge is 2.36. The minimum atomic E-state index is -4.48. The number of nitrogens with zero attached hydrogens (tertiary/aromatic N) is 3. The van der Waals surface area contributed by atoms with E-state index in [0.29, 0.717) is 32.6 Å². The summed E-state index contributed by atoms with van der Waals surface area (Å²) in [6, 6.07) is 4.50. The van der Waals surface area contributed by atoms with E-state index in [2.05, 4.69) is 15.6 Å².